The number of hydrogen-bond donors (Lipinski definition) is 0. The molecule has 0 fully saturated rings. The Morgan fingerprint density at radius 1 is 1.17 bits per heavy atom. The minimum Gasteiger partial charge on any atom is -0.455 e. The van der Waals surface area contributed by atoms with Crippen LogP contribution in [0.5, 0.6) is 11.5 Å². The molecule has 0 spiro atoms. The molecule has 2 aromatic rings. The normalized spacial score (nSPS) is 9.67. The first-order valence-corrected chi connectivity index (χ1v) is 4.26. The van der Waals surface area contributed by atoms with Gasteiger partial charge < -0.3 is 4.74 Å². The predicted molar refractivity (Wildman–Crippen MR) is 46.4 cm³/mol. The van der Waals surface area contributed by atoms with Crippen molar-refractivity contribution in [3.8, 4) is 11.5 Å². The van der Waals surface area contributed by atoms with Crippen LogP contribution in [0.3, 0.4) is 0 Å². The van der Waals surface area contributed by atoms with Crippen LogP contribution in [0.1, 0.15) is 0 Å². The fourth-order valence-electron chi connectivity index (χ4n) is 0.788. The molecule has 0 unspecified atom stereocenters. The van der Waals surface area contributed by atoms with E-state index < -0.39 is 0 Å². The summed E-state index contributed by atoms with van der Waals surface area (Å²) in [5.74, 6) is 1.55. The first-order chi connectivity index (χ1) is 5.95. The Morgan fingerprint density at radius 2 is 2.00 bits per heavy atom. The van der Waals surface area contributed by atoms with Crippen LogP contribution in [-0.4, -0.2) is 9.36 Å². The molecule has 0 aliphatic carbocycles. The van der Waals surface area contributed by atoms with Crippen molar-refractivity contribution in [2.45, 2.75) is 0 Å². The highest BCUT2D eigenvalue weighted by Crippen LogP contribution is 2.20. The Kier molecular flexibility index (Phi) is 2.00. The molecule has 2 rings (SSSR count). The van der Waals surface area contributed by atoms with Crippen LogP contribution in [0.4, 0.5) is 0 Å². The van der Waals surface area contributed by atoms with Gasteiger partial charge in [0.15, 0.2) is 5.75 Å². The van der Waals surface area contributed by atoms with Crippen molar-refractivity contribution >= 4 is 11.5 Å². The molecule has 0 saturated heterocycles. The van der Waals surface area contributed by atoms with E-state index in [4.69, 9.17) is 4.74 Å². The lowest BCUT2D eigenvalue weighted by Gasteiger charge is -1.99. The lowest BCUT2D eigenvalue weighted by Crippen LogP contribution is -1.80. The largest absolute Gasteiger partial charge is 0.455 e. The second-order valence-electron chi connectivity index (χ2n) is 2.15. The monoisotopic (exact) mass is 178 g/mol. The molecule has 60 valence electrons. The maximum atomic E-state index is 5.43. The summed E-state index contributed by atoms with van der Waals surface area (Å²) in [6, 6.07) is 3.61. The second-order valence-corrected chi connectivity index (χ2v) is 2.80. The van der Waals surface area contributed by atoms with Gasteiger partial charge in [-0.1, -0.05) is 0 Å². The summed E-state index contributed by atoms with van der Waals surface area (Å²) in [7, 11) is 0. The minimum absolute atomic E-state index is 0.770. The van der Waals surface area contributed by atoms with Crippen LogP contribution in [0.2, 0.25) is 0 Å². The van der Waals surface area contributed by atoms with E-state index in [-0.39, 0.29) is 0 Å². The molecule has 0 bridgehead atoms. The van der Waals surface area contributed by atoms with E-state index in [0.29, 0.717) is 0 Å². The SMILES string of the molecule is c1cc(Oc2cnsc2)ccn1. The molecule has 0 radical (unpaired) electrons. The topological polar surface area (TPSA) is 35.0 Å². The van der Waals surface area contributed by atoms with E-state index >= 15 is 0 Å². The lowest BCUT2D eigenvalue weighted by atomic mass is 10.4. The van der Waals surface area contributed by atoms with Gasteiger partial charge in [0.1, 0.15) is 5.75 Å². The molecule has 0 aliphatic rings. The third-order valence-electron chi connectivity index (χ3n) is 1.30. The number of ether oxygens (including phenoxy) is 1. The van der Waals surface area contributed by atoms with E-state index in [1.54, 1.807) is 30.7 Å². The third kappa shape index (κ3) is 1.60. The average Bonchev–Trinajstić information content (AvgIpc) is 2.59. The van der Waals surface area contributed by atoms with Crippen LogP contribution in [0, 0.1) is 0 Å². The van der Waals surface area contributed by atoms with Gasteiger partial charge in [0, 0.05) is 12.4 Å². The number of nitrogens with zero attached hydrogens (tertiary/aromatic N) is 2. The number of aromatic nitrogens is 2. The summed E-state index contributed by atoms with van der Waals surface area (Å²) in [5.41, 5.74) is 0. The Hall–Kier alpha value is -1.42. The molecule has 0 saturated carbocycles. The van der Waals surface area contributed by atoms with E-state index in [1.165, 1.54) is 11.5 Å². The van der Waals surface area contributed by atoms with Gasteiger partial charge in [0.05, 0.1) is 11.6 Å². The number of pyridine rings is 1. The van der Waals surface area contributed by atoms with Crippen molar-refractivity contribution in [3.05, 3.63) is 36.1 Å². The zero-order chi connectivity index (χ0) is 8.23. The van der Waals surface area contributed by atoms with E-state index in [0.717, 1.165) is 11.5 Å². The molecule has 0 atom stereocenters. The van der Waals surface area contributed by atoms with Gasteiger partial charge in [-0.25, -0.2) is 0 Å². The molecule has 2 heterocycles. The van der Waals surface area contributed by atoms with Crippen molar-refractivity contribution in [2.75, 3.05) is 0 Å². The Labute approximate surface area is 73.8 Å². The van der Waals surface area contributed by atoms with Gasteiger partial charge in [-0.2, -0.15) is 4.37 Å². The first-order valence-electron chi connectivity index (χ1n) is 3.42. The van der Waals surface area contributed by atoms with Crippen molar-refractivity contribution < 1.29 is 4.74 Å². The molecule has 0 N–H and O–H groups in total. The molecule has 0 aromatic carbocycles. The summed E-state index contributed by atoms with van der Waals surface area (Å²) >= 11 is 1.37. The third-order valence-corrected chi connectivity index (χ3v) is 1.86. The smallest absolute Gasteiger partial charge is 0.158 e. The van der Waals surface area contributed by atoms with Gasteiger partial charge >= 0.3 is 0 Å². The molecule has 0 aliphatic heterocycles. The predicted octanol–water partition coefficient (Wildman–Crippen LogP) is 2.33. The Morgan fingerprint density at radius 3 is 2.67 bits per heavy atom. The van der Waals surface area contributed by atoms with Gasteiger partial charge in [0.2, 0.25) is 0 Å². The van der Waals surface area contributed by atoms with Gasteiger partial charge in [0.25, 0.3) is 0 Å². The van der Waals surface area contributed by atoms with Crippen molar-refractivity contribution in [3.63, 3.8) is 0 Å². The highest BCUT2D eigenvalue weighted by atomic mass is 32.1. The molecule has 0 amide bonds. The van der Waals surface area contributed by atoms with Gasteiger partial charge in [-0.15, -0.1) is 0 Å². The fraction of sp³-hybridized carbons (Fsp3) is 0. The zero-order valence-corrected chi connectivity index (χ0v) is 6.99. The highest BCUT2D eigenvalue weighted by Gasteiger charge is 1.95. The van der Waals surface area contributed by atoms with E-state index in [9.17, 15) is 0 Å². The van der Waals surface area contributed by atoms with Crippen molar-refractivity contribution in [1.29, 1.82) is 0 Å². The average molecular weight is 178 g/mol. The molecular weight excluding hydrogens is 172 g/mol. The quantitative estimate of drug-likeness (QED) is 0.707. The summed E-state index contributed by atoms with van der Waals surface area (Å²) in [6.45, 7) is 0. The molecular formula is C8H6N2OS. The molecule has 12 heavy (non-hydrogen) atoms. The number of rotatable bonds is 2. The summed E-state index contributed by atoms with van der Waals surface area (Å²) in [4.78, 5) is 3.88. The van der Waals surface area contributed by atoms with E-state index in [1.807, 2.05) is 5.38 Å². The first kappa shape index (κ1) is 7.24. The molecule has 3 nitrogen and oxygen atoms in total. The molecule has 2 aromatic heterocycles. The highest BCUT2D eigenvalue weighted by molar-refractivity contribution is 7.03. The standard InChI is InChI=1S/C8H6N2OS/c1-3-9-4-2-7(1)11-8-5-10-12-6-8/h1-6H. The van der Waals surface area contributed by atoms with Crippen molar-refractivity contribution in [2.24, 2.45) is 0 Å². The van der Waals surface area contributed by atoms with Gasteiger partial charge in [-0.05, 0) is 23.7 Å². The van der Waals surface area contributed by atoms with Crippen LogP contribution in [0.15, 0.2) is 36.1 Å². The summed E-state index contributed by atoms with van der Waals surface area (Å²) < 4.78 is 9.35. The second kappa shape index (κ2) is 3.32. The fourth-order valence-corrected chi connectivity index (χ4v) is 1.23. The van der Waals surface area contributed by atoms with Crippen molar-refractivity contribution in [1.82, 2.24) is 9.36 Å². The van der Waals surface area contributed by atoms with E-state index in [2.05, 4.69) is 9.36 Å². The van der Waals surface area contributed by atoms with Crippen LogP contribution in [-0.2, 0) is 0 Å². The van der Waals surface area contributed by atoms with Crippen LogP contribution >= 0.6 is 11.5 Å². The van der Waals surface area contributed by atoms with Gasteiger partial charge in [-0.3, -0.25) is 4.98 Å². The minimum atomic E-state index is 0.770. The maximum absolute atomic E-state index is 5.43. The van der Waals surface area contributed by atoms with Crippen LogP contribution in [0.25, 0.3) is 0 Å². The summed E-state index contributed by atoms with van der Waals surface area (Å²) in [5, 5.41) is 1.85. The zero-order valence-electron chi connectivity index (χ0n) is 6.18. The Bertz CT molecular complexity index is 333. The molecule has 4 heteroatoms. The summed E-state index contributed by atoms with van der Waals surface area (Å²) in [6.07, 6.45) is 5.06. The Balaban J connectivity index is 2.15. The van der Waals surface area contributed by atoms with Crippen LogP contribution < -0.4 is 4.74 Å². The maximum Gasteiger partial charge on any atom is 0.158 e. The lowest BCUT2D eigenvalue weighted by molar-refractivity contribution is 0.483. The number of hydrogen-bond acceptors (Lipinski definition) is 4.